The van der Waals surface area contributed by atoms with Gasteiger partial charge in [0.25, 0.3) is 0 Å². The summed E-state index contributed by atoms with van der Waals surface area (Å²) >= 11 is 0. The Morgan fingerprint density at radius 1 is 1.45 bits per heavy atom. The fourth-order valence-corrected chi connectivity index (χ4v) is 0.504. The summed E-state index contributed by atoms with van der Waals surface area (Å²) in [6, 6.07) is 10.3. The average Bonchev–Trinajstić information content (AvgIpc) is 2.10. The predicted octanol–water partition coefficient (Wildman–Crippen LogP) is 2.33. The van der Waals surface area contributed by atoms with Crippen LogP contribution in [0.25, 0.3) is 0 Å². The van der Waals surface area contributed by atoms with Gasteiger partial charge in [-0.25, -0.2) is 0 Å². The Kier molecular flexibility index (Phi) is 11.6. The van der Waals surface area contributed by atoms with Crippen LogP contribution in [-0.4, -0.2) is 7.11 Å². The van der Waals surface area contributed by atoms with Crippen LogP contribution in [0.5, 0.6) is 5.75 Å². The molecule has 0 amide bonds. The second kappa shape index (κ2) is 9.64. The van der Waals surface area contributed by atoms with E-state index >= 15 is 0 Å². The van der Waals surface area contributed by atoms with Gasteiger partial charge in [-0.15, -0.1) is 12.1 Å². The van der Waals surface area contributed by atoms with Gasteiger partial charge >= 0.3 is 19.5 Å². The summed E-state index contributed by atoms with van der Waals surface area (Å²) < 4.78 is 4.88. The van der Waals surface area contributed by atoms with Crippen molar-refractivity contribution in [2.75, 3.05) is 7.11 Å². The zero-order valence-electron chi connectivity index (χ0n) is 7.13. The van der Waals surface area contributed by atoms with E-state index in [1.165, 1.54) is 0 Å². The van der Waals surface area contributed by atoms with Gasteiger partial charge in [-0.2, -0.15) is 25.1 Å². The van der Waals surface area contributed by atoms with Gasteiger partial charge in [0.2, 0.25) is 0 Å². The van der Waals surface area contributed by atoms with E-state index in [-0.39, 0.29) is 19.5 Å². The smallest absolute Gasteiger partial charge is 0.554 e. The van der Waals surface area contributed by atoms with Gasteiger partial charge in [-0.3, -0.25) is 0 Å². The molecular weight excluding hydrogens is 189 g/mol. The molecule has 1 rings (SSSR count). The summed E-state index contributed by atoms with van der Waals surface area (Å²) in [5.41, 5.74) is 0. The largest absolute Gasteiger partial charge is 2.00 e. The zero-order valence-corrected chi connectivity index (χ0v) is 10.1. The summed E-state index contributed by atoms with van der Waals surface area (Å²) in [5.74, 6) is 0.854. The SMILES string of the molecule is COc1c[c-]ccc1.[CH2-]C.[Zn+2]. The Bertz CT molecular complexity index is 151. The minimum Gasteiger partial charge on any atom is -0.554 e. The molecule has 1 aromatic rings. The van der Waals surface area contributed by atoms with Crippen LogP contribution in [0.15, 0.2) is 24.3 Å². The van der Waals surface area contributed by atoms with Crippen LogP contribution in [0.4, 0.5) is 0 Å². The zero-order chi connectivity index (χ0) is 7.82. The first-order valence-corrected chi connectivity index (χ1v) is 3.14. The predicted molar refractivity (Wildman–Crippen MR) is 42.9 cm³/mol. The summed E-state index contributed by atoms with van der Waals surface area (Å²) in [6.45, 7) is 5.00. The van der Waals surface area contributed by atoms with Crippen LogP contribution < -0.4 is 4.74 Å². The molecule has 0 bridgehead atoms. The van der Waals surface area contributed by atoms with Crippen molar-refractivity contribution >= 4 is 0 Å². The van der Waals surface area contributed by atoms with E-state index in [9.17, 15) is 0 Å². The van der Waals surface area contributed by atoms with Crippen molar-refractivity contribution in [1.82, 2.24) is 0 Å². The molecule has 0 aliphatic rings. The topological polar surface area (TPSA) is 9.23 Å². The maximum absolute atomic E-state index is 4.88. The molecule has 0 saturated carbocycles. The van der Waals surface area contributed by atoms with E-state index in [1.54, 1.807) is 20.1 Å². The third kappa shape index (κ3) is 6.06. The summed E-state index contributed by atoms with van der Waals surface area (Å²) in [6.07, 6.45) is 0. The molecule has 0 saturated heterocycles. The molecular formula is C9H12OZn. The van der Waals surface area contributed by atoms with E-state index in [0.717, 1.165) is 5.75 Å². The third-order valence-corrected chi connectivity index (χ3v) is 0.914. The Morgan fingerprint density at radius 3 is 2.36 bits per heavy atom. The molecule has 0 aliphatic carbocycles. The molecule has 0 unspecified atom stereocenters. The molecule has 1 aromatic carbocycles. The van der Waals surface area contributed by atoms with Crippen molar-refractivity contribution < 1.29 is 24.2 Å². The number of rotatable bonds is 1. The Hall–Kier alpha value is -0.357. The van der Waals surface area contributed by atoms with Crippen molar-refractivity contribution in [2.45, 2.75) is 6.92 Å². The fraction of sp³-hybridized carbons (Fsp3) is 0.222. The van der Waals surface area contributed by atoms with Gasteiger partial charge in [-0.1, -0.05) is 0 Å². The quantitative estimate of drug-likeness (QED) is 0.501. The molecule has 0 radical (unpaired) electrons. The number of hydrogen-bond acceptors (Lipinski definition) is 1. The van der Waals surface area contributed by atoms with Gasteiger partial charge in [-0.05, 0) is 0 Å². The Labute approximate surface area is 81.5 Å². The molecule has 56 valence electrons. The van der Waals surface area contributed by atoms with Crippen molar-refractivity contribution in [3.63, 3.8) is 0 Å². The Morgan fingerprint density at radius 2 is 2.09 bits per heavy atom. The van der Waals surface area contributed by atoms with Gasteiger partial charge in [0.1, 0.15) is 0 Å². The third-order valence-electron chi connectivity index (χ3n) is 0.914. The second-order valence-corrected chi connectivity index (χ2v) is 1.44. The molecule has 11 heavy (non-hydrogen) atoms. The molecule has 0 spiro atoms. The molecule has 0 aromatic heterocycles. The Balaban J connectivity index is 0. The van der Waals surface area contributed by atoms with E-state index in [1.807, 2.05) is 18.2 Å². The van der Waals surface area contributed by atoms with Crippen LogP contribution in [-0.2, 0) is 19.5 Å². The van der Waals surface area contributed by atoms with Crippen molar-refractivity contribution in [3.8, 4) is 5.75 Å². The number of ether oxygens (including phenoxy) is 1. The van der Waals surface area contributed by atoms with Crippen molar-refractivity contribution in [2.24, 2.45) is 0 Å². The standard InChI is InChI=1S/C7H7O.C2H5.Zn/c1-8-7-5-3-2-4-6-7;1-2;/h2-3,5-6H,1H3;1H2,2H3;/q2*-1;+2. The molecule has 0 fully saturated rings. The van der Waals surface area contributed by atoms with Crippen LogP contribution in [0, 0.1) is 13.0 Å². The van der Waals surface area contributed by atoms with Gasteiger partial charge in [0, 0.05) is 5.75 Å². The number of hydrogen-bond donors (Lipinski definition) is 0. The monoisotopic (exact) mass is 200 g/mol. The normalized spacial score (nSPS) is 6.82. The number of benzene rings is 1. The molecule has 2 heteroatoms. The second-order valence-electron chi connectivity index (χ2n) is 1.44. The fourth-order valence-electron chi connectivity index (χ4n) is 0.504. The van der Waals surface area contributed by atoms with Crippen LogP contribution in [0.3, 0.4) is 0 Å². The van der Waals surface area contributed by atoms with Crippen LogP contribution in [0.1, 0.15) is 6.92 Å². The summed E-state index contributed by atoms with van der Waals surface area (Å²) in [7, 11) is 1.64. The van der Waals surface area contributed by atoms with E-state index in [4.69, 9.17) is 4.74 Å². The maximum Gasteiger partial charge on any atom is 2.00 e. The van der Waals surface area contributed by atoms with Crippen LogP contribution >= 0.6 is 0 Å². The van der Waals surface area contributed by atoms with Gasteiger partial charge in [0.15, 0.2) is 0 Å². The number of methoxy groups -OCH3 is 1. The molecule has 1 nitrogen and oxygen atoms in total. The minimum absolute atomic E-state index is 0. The van der Waals surface area contributed by atoms with Gasteiger partial charge in [0.05, 0.1) is 7.11 Å². The first-order chi connectivity index (χ1) is 4.93. The molecule has 0 heterocycles. The minimum atomic E-state index is 0. The van der Waals surface area contributed by atoms with Crippen LogP contribution in [0.2, 0.25) is 0 Å². The van der Waals surface area contributed by atoms with E-state index in [2.05, 4.69) is 13.0 Å². The molecule has 0 N–H and O–H groups in total. The molecule has 0 atom stereocenters. The van der Waals surface area contributed by atoms with E-state index in [0.29, 0.717) is 0 Å². The molecule has 0 aliphatic heterocycles. The van der Waals surface area contributed by atoms with E-state index < -0.39 is 0 Å². The first kappa shape index (κ1) is 13.2. The maximum atomic E-state index is 4.88. The average molecular weight is 202 g/mol. The first-order valence-electron chi connectivity index (χ1n) is 3.14. The van der Waals surface area contributed by atoms with Gasteiger partial charge < -0.3 is 11.7 Å². The summed E-state index contributed by atoms with van der Waals surface area (Å²) in [4.78, 5) is 0. The summed E-state index contributed by atoms with van der Waals surface area (Å²) in [5, 5.41) is 0. The van der Waals surface area contributed by atoms with Crippen molar-refractivity contribution in [1.29, 1.82) is 0 Å². The van der Waals surface area contributed by atoms with Crippen molar-refractivity contribution in [3.05, 3.63) is 37.3 Å².